The molecule has 1 atom stereocenters. The van der Waals surface area contributed by atoms with Crippen molar-refractivity contribution < 1.29 is 31.0 Å². The highest BCUT2D eigenvalue weighted by Gasteiger charge is 2.09. The number of rotatable bonds is 16. The fraction of sp³-hybridized carbons (Fsp3) is 0.520. The van der Waals surface area contributed by atoms with Crippen molar-refractivity contribution in [2.75, 3.05) is 26.2 Å². The molecule has 0 fully saturated rings. The Hall–Kier alpha value is -1.92. The average molecular weight is 424 g/mol. The molecule has 0 saturated heterocycles. The number of aliphatic hydroxyl groups excluding tert-OH is 1. The molecule has 0 heterocycles. The first-order valence-electron chi connectivity index (χ1n) is 14.3. The number of aliphatic hydroxyl groups is 2. The van der Waals surface area contributed by atoms with Crippen LogP contribution in [-0.4, -0.2) is 41.5 Å². The number of unbranched alkanes of at least 4 members (excludes halogenated alkanes) is 3. The third-order valence-corrected chi connectivity index (χ3v) is 4.46. The van der Waals surface area contributed by atoms with Gasteiger partial charge in [0.25, 0.3) is 0 Å². The molecule has 1 unspecified atom stereocenters. The summed E-state index contributed by atoms with van der Waals surface area (Å²) in [5, 5.41) is 32.3. The summed E-state index contributed by atoms with van der Waals surface area (Å²) >= 11 is 0. The molecule has 2 rings (SSSR count). The minimum absolute atomic E-state index is 0.0108. The Morgan fingerprint density at radius 3 is 2.67 bits per heavy atom. The Morgan fingerprint density at radius 2 is 1.87 bits per heavy atom. The Balaban J connectivity index is 1.78. The smallest absolute Gasteiger partial charge is 0.121 e. The minimum atomic E-state index is -3.17. The van der Waals surface area contributed by atoms with Crippen LogP contribution in [0.4, 0.5) is 0 Å². The van der Waals surface area contributed by atoms with E-state index in [-0.39, 0.29) is 13.0 Å². The zero-order chi connectivity index (χ0) is 28.6. The van der Waals surface area contributed by atoms with Crippen molar-refractivity contribution in [3.63, 3.8) is 0 Å². The van der Waals surface area contributed by atoms with E-state index in [2.05, 4.69) is 17.4 Å². The van der Waals surface area contributed by atoms with Crippen molar-refractivity contribution in [1.29, 1.82) is 0 Å². The van der Waals surface area contributed by atoms with Crippen LogP contribution >= 0.6 is 0 Å². The lowest BCUT2D eigenvalue weighted by atomic mass is 10.1. The van der Waals surface area contributed by atoms with Crippen LogP contribution in [0, 0.1) is 0 Å². The fourth-order valence-corrected chi connectivity index (χ4v) is 2.76. The topological polar surface area (TPSA) is 82.0 Å². The van der Waals surface area contributed by atoms with Crippen molar-refractivity contribution in [1.82, 2.24) is 5.32 Å². The maximum atomic E-state index is 10.7. The summed E-state index contributed by atoms with van der Waals surface area (Å²) in [6.07, 6.45) is 0.934. The SMILES string of the molecule is [2H]c1c([2H])c(C([2H])(O)C([2H])([2H])NCCCCCC([2H])([2H])OCCCCc2ccccc2)c([2H])c(CO)c1O. The van der Waals surface area contributed by atoms with Gasteiger partial charge in [0.1, 0.15) is 5.75 Å². The van der Waals surface area contributed by atoms with Crippen LogP contribution in [0.25, 0.3) is 0 Å². The molecule has 5 nitrogen and oxygen atoms in total. The first-order chi connectivity index (χ1) is 17.7. The summed E-state index contributed by atoms with van der Waals surface area (Å²) in [5.74, 6) is -0.827. The molecule has 0 aliphatic rings. The Bertz CT molecular complexity index is 1040. The second kappa shape index (κ2) is 15.0. The number of hydrogen-bond acceptors (Lipinski definition) is 5. The van der Waals surface area contributed by atoms with Crippen LogP contribution in [0.5, 0.6) is 5.75 Å². The molecule has 5 heteroatoms. The third kappa shape index (κ3) is 9.72. The molecule has 2 aromatic carbocycles. The highest BCUT2D eigenvalue weighted by Crippen LogP contribution is 2.22. The van der Waals surface area contributed by atoms with Crippen LogP contribution in [0.15, 0.2) is 48.5 Å². The molecular formula is C25H37NO4. The minimum Gasteiger partial charge on any atom is -0.508 e. The number of aromatic hydroxyl groups is 1. The lowest BCUT2D eigenvalue weighted by Gasteiger charge is -2.14. The molecular weight excluding hydrogens is 378 g/mol. The van der Waals surface area contributed by atoms with Crippen LogP contribution in [0.2, 0.25) is 0 Å². The van der Waals surface area contributed by atoms with E-state index in [1.165, 1.54) is 5.56 Å². The van der Waals surface area contributed by atoms with E-state index in [9.17, 15) is 15.3 Å². The zero-order valence-electron chi connectivity index (χ0n) is 25.2. The van der Waals surface area contributed by atoms with Crippen molar-refractivity contribution in [3.05, 3.63) is 65.1 Å². The van der Waals surface area contributed by atoms with Crippen molar-refractivity contribution >= 4 is 0 Å². The van der Waals surface area contributed by atoms with Gasteiger partial charge in [-0.05, 0) is 61.9 Å². The molecule has 0 bridgehead atoms. The number of phenols is 1. The number of aryl methyl sites for hydroxylation is 1. The zero-order valence-corrected chi connectivity index (χ0v) is 17.2. The quantitative estimate of drug-likeness (QED) is 0.306. The molecule has 0 amide bonds. The Kier molecular flexibility index (Phi) is 7.47. The molecule has 0 spiro atoms. The van der Waals surface area contributed by atoms with E-state index < -0.39 is 60.7 Å². The van der Waals surface area contributed by atoms with E-state index in [1.807, 2.05) is 18.2 Å². The number of nitrogens with one attached hydrogen (secondary N) is 1. The van der Waals surface area contributed by atoms with Gasteiger partial charge in [-0.2, -0.15) is 0 Å². The van der Waals surface area contributed by atoms with E-state index in [0.29, 0.717) is 25.9 Å². The summed E-state index contributed by atoms with van der Waals surface area (Å²) < 4.78 is 69.7. The predicted molar refractivity (Wildman–Crippen MR) is 121 cm³/mol. The van der Waals surface area contributed by atoms with Gasteiger partial charge in [-0.3, -0.25) is 0 Å². The van der Waals surface area contributed by atoms with Crippen molar-refractivity contribution in [3.8, 4) is 5.75 Å². The van der Waals surface area contributed by atoms with E-state index >= 15 is 0 Å². The van der Waals surface area contributed by atoms with E-state index in [1.54, 1.807) is 0 Å². The van der Waals surface area contributed by atoms with Gasteiger partial charge < -0.3 is 25.4 Å². The average Bonchev–Trinajstić information content (AvgIpc) is 2.85. The standard InChI is InChI=1S/C25H37NO4/c27-20-23-18-22(13-14-24(23)28)25(29)19-26-15-7-1-2-8-16-30-17-9-6-12-21-10-4-3-5-11-21/h3-5,10-11,13-14,18,25-29H,1-2,6-9,12,15-17,19-20H2/i13D,14D,16D2,18D,19D2,25D. The van der Waals surface area contributed by atoms with Crippen LogP contribution < -0.4 is 5.32 Å². The Labute approximate surface area is 192 Å². The molecule has 4 N–H and O–H groups in total. The van der Waals surface area contributed by atoms with Crippen molar-refractivity contribution in [2.24, 2.45) is 0 Å². The van der Waals surface area contributed by atoms with Gasteiger partial charge in [-0.1, -0.05) is 49.2 Å². The van der Waals surface area contributed by atoms with Gasteiger partial charge >= 0.3 is 0 Å². The first-order valence-corrected chi connectivity index (χ1v) is 10.3. The molecule has 30 heavy (non-hydrogen) atoms. The molecule has 2 aromatic rings. The van der Waals surface area contributed by atoms with Gasteiger partial charge in [0.15, 0.2) is 0 Å². The van der Waals surface area contributed by atoms with E-state index in [0.717, 1.165) is 19.3 Å². The van der Waals surface area contributed by atoms with Crippen molar-refractivity contribution in [2.45, 2.75) is 57.6 Å². The number of ether oxygens (including phenoxy) is 1. The van der Waals surface area contributed by atoms with Crippen LogP contribution in [-0.2, 0) is 17.8 Å². The molecule has 0 radical (unpaired) electrons. The second-order valence-electron chi connectivity index (χ2n) is 6.88. The van der Waals surface area contributed by atoms with Gasteiger partial charge in [-0.25, -0.2) is 0 Å². The van der Waals surface area contributed by atoms with Gasteiger partial charge in [-0.15, -0.1) is 0 Å². The normalized spacial score (nSPS) is 18.1. The maximum Gasteiger partial charge on any atom is 0.121 e. The Morgan fingerprint density at radius 1 is 1.07 bits per heavy atom. The molecule has 0 saturated carbocycles. The third-order valence-electron chi connectivity index (χ3n) is 4.46. The number of benzene rings is 2. The highest BCUT2D eigenvalue weighted by atomic mass is 16.5. The highest BCUT2D eigenvalue weighted by molar-refractivity contribution is 5.36. The first kappa shape index (κ1) is 15.0. The predicted octanol–water partition coefficient (Wildman–Crippen LogP) is 4.11. The molecule has 0 aromatic heterocycles. The summed E-state index contributed by atoms with van der Waals surface area (Å²) in [6, 6.07) is 7.56. The molecule has 166 valence electrons. The summed E-state index contributed by atoms with van der Waals surface area (Å²) in [4.78, 5) is 0. The van der Waals surface area contributed by atoms with E-state index in [4.69, 9.17) is 15.7 Å². The fourth-order valence-electron chi connectivity index (χ4n) is 2.76. The maximum absolute atomic E-state index is 10.7. The summed E-state index contributed by atoms with van der Waals surface area (Å²) in [5.41, 5.74) is -0.0807. The molecule has 0 aliphatic heterocycles. The van der Waals surface area contributed by atoms with Crippen LogP contribution in [0.1, 0.15) is 72.3 Å². The summed E-state index contributed by atoms with van der Waals surface area (Å²) in [7, 11) is 0. The van der Waals surface area contributed by atoms with Gasteiger partial charge in [0.05, 0.1) is 20.9 Å². The lowest BCUT2D eigenvalue weighted by Crippen LogP contribution is -2.22. The number of hydrogen-bond donors (Lipinski definition) is 4. The second-order valence-corrected chi connectivity index (χ2v) is 6.88. The lowest BCUT2D eigenvalue weighted by molar-refractivity contribution is 0.126. The monoisotopic (exact) mass is 423 g/mol. The van der Waals surface area contributed by atoms with Crippen LogP contribution in [0.3, 0.4) is 0 Å². The van der Waals surface area contributed by atoms with Gasteiger partial charge in [0, 0.05) is 28.0 Å². The largest absolute Gasteiger partial charge is 0.508 e. The summed E-state index contributed by atoms with van der Waals surface area (Å²) in [6.45, 7) is -5.18. The molecule has 0 aliphatic carbocycles. The van der Waals surface area contributed by atoms with Gasteiger partial charge in [0.2, 0.25) is 0 Å².